The molecule has 1 aliphatic carbocycles. The SMILES string of the molecule is O=C(O[C@@H]1CCCCC1=O)c1cc2cc(Cl)ccc2o1. The number of fused-ring (bicyclic) bond motifs is 1. The third-order valence-corrected chi connectivity index (χ3v) is 3.66. The Kier molecular flexibility index (Phi) is 3.49. The van der Waals surface area contributed by atoms with Crippen molar-refractivity contribution in [2.45, 2.75) is 31.8 Å². The molecule has 1 atom stereocenters. The summed E-state index contributed by atoms with van der Waals surface area (Å²) >= 11 is 5.88. The van der Waals surface area contributed by atoms with E-state index in [-0.39, 0.29) is 11.5 Å². The number of benzene rings is 1. The second kappa shape index (κ2) is 5.29. The number of halogens is 1. The lowest BCUT2D eigenvalue weighted by Crippen LogP contribution is -2.30. The van der Waals surface area contributed by atoms with E-state index in [1.807, 2.05) is 0 Å². The van der Waals surface area contributed by atoms with Crippen molar-refractivity contribution in [3.63, 3.8) is 0 Å². The van der Waals surface area contributed by atoms with E-state index < -0.39 is 12.1 Å². The minimum atomic E-state index is -0.631. The highest BCUT2D eigenvalue weighted by molar-refractivity contribution is 6.31. The Hall–Kier alpha value is -1.81. The summed E-state index contributed by atoms with van der Waals surface area (Å²) in [5, 5.41) is 1.31. The van der Waals surface area contributed by atoms with E-state index in [9.17, 15) is 9.59 Å². The summed E-state index contributed by atoms with van der Waals surface area (Å²) in [4.78, 5) is 23.7. The summed E-state index contributed by atoms with van der Waals surface area (Å²) in [5.41, 5.74) is 0.566. The van der Waals surface area contributed by atoms with Crippen molar-refractivity contribution in [2.75, 3.05) is 0 Å². The Balaban J connectivity index is 1.79. The number of furan rings is 1. The van der Waals surface area contributed by atoms with Gasteiger partial charge in [-0.05, 0) is 43.5 Å². The minimum Gasteiger partial charge on any atom is -0.449 e. The molecule has 0 N–H and O–H groups in total. The summed E-state index contributed by atoms with van der Waals surface area (Å²) < 4.78 is 10.7. The van der Waals surface area contributed by atoms with Crippen LogP contribution in [0.25, 0.3) is 11.0 Å². The zero-order valence-electron chi connectivity index (χ0n) is 10.7. The molecule has 104 valence electrons. The van der Waals surface area contributed by atoms with Crippen molar-refractivity contribution in [2.24, 2.45) is 0 Å². The first-order valence-corrected chi connectivity index (χ1v) is 6.94. The van der Waals surface area contributed by atoms with E-state index in [1.165, 1.54) is 0 Å². The minimum absolute atomic E-state index is 0.0104. The number of hydrogen-bond donors (Lipinski definition) is 0. The van der Waals surface area contributed by atoms with Crippen LogP contribution >= 0.6 is 11.6 Å². The number of ketones is 1. The monoisotopic (exact) mass is 292 g/mol. The van der Waals surface area contributed by atoms with E-state index in [0.717, 1.165) is 18.2 Å². The van der Waals surface area contributed by atoms with Gasteiger partial charge >= 0.3 is 5.97 Å². The second-order valence-electron chi connectivity index (χ2n) is 4.90. The first-order valence-electron chi connectivity index (χ1n) is 6.56. The van der Waals surface area contributed by atoms with E-state index in [0.29, 0.717) is 23.4 Å². The molecule has 1 heterocycles. The average Bonchev–Trinajstić information content (AvgIpc) is 2.84. The van der Waals surface area contributed by atoms with Crippen LogP contribution in [0.4, 0.5) is 0 Å². The predicted octanol–water partition coefficient (Wildman–Crippen LogP) is 3.75. The van der Waals surface area contributed by atoms with Crippen molar-refractivity contribution in [1.82, 2.24) is 0 Å². The Morgan fingerprint density at radius 2 is 2.15 bits per heavy atom. The molecule has 20 heavy (non-hydrogen) atoms. The van der Waals surface area contributed by atoms with Gasteiger partial charge in [0, 0.05) is 16.8 Å². The van der Waals surface area contributed by atoms with Gasteiger partial charge in [-0.1, -0.05) is 11.6 Å². The normalized spacial score (nSPS) is 19.2. The van der Waals surface area contributed by atoms with Crippen LogP contribution in [-0.2, 0) is 9.53 Å². The van der Waals surface area contributed by atoms with Crippen molar-refractivity contribution in [3.05, 3.63) is 35.0 Å². The fraction of sp³-hybridized carbons (Fsp3) is 0.333. The van der Waals surface area contributed by atoms with E-state index in [1.54, 1.807) is 24.3 Å². The molecule has 0 aliphatic heterocycles. The van der Waals surface area contributed by atoms with Crippen LogP contribution in [-0.4, -0.2) is 17.9 Å². The fourth-order valence-electron chi connectivity index (χ4n) is 2.38. The van der Waals surface area contributed by atoms with Crippen LogP contribution < -0.4 is 0 Å². The molecule has 0 spiro atoms. The fourth-order valence-corrected chi connectivity index (χ4v) is 2.56. The van der Waals surface area contributed by atoms with Crippen LogP contribution in [0.5, 0.6) is 0 Å². The van der Waals surface area contributed by atoms with E-state index in [4.69, 9.17) is 20.8 Å². The van der Waals surface area contributed by atoms with E-state index in [2.05, 4.69) is 0 Å². The molecule has 2 aromatic rings. The van der Waals surface area contributed by atoms with Crippen LogP contribution in [0.1, 0.15) is 36.2 Å². The Bertz CT molecular complexity index is 674. The molecule has 0 bridgehead atoms. The third-order valence-electron chi connectivity index (χ3n) is 3.43. The Morgan fingerprint density at radius 3 is 2.95 bits per heavy atom. The van der Waals surface area contributed by atoms with Crippen molar-refractivity contribution >= 4 is 34.3 Å². The third kappa shape index (κ3) is 2.56. The molecule has 0 unspecified atom stereocenters. The summed E-state index contributed by atoms with van der Waals surface area (Å²) in [7, 11) is 0. The number of carbonyl (C=O) groups is 2. The van der Waals surface area contributed by atoms with Crippen LogP contribution in [0.15, 0.2) is 28.7 Å². The van der Waals surface area contributed by atoms with Gasteiger partial charge in [0.2, 0.25) is 5.76 Å². The molecule has 0 amide bonds. The van der Waals surface area contributed by atoms with Crippen molar-refractivity contribution < 1.29 is 18.7 Å². The maximum atomic E-state index is 12.0. The lowest BCUT2D eigenvalue weighted by molar-refractivity contribution is -0.130. The molecule has 0 saturated heterocycles. The topological polar surface area (TPSA) is 56.5 Å². The van der Waals surface area contributed by atoms with Gasteiger partial charge in [0.25, 0.3) is 0 Å². The maximum absolute atomic E-state index is 12.0. The highest BCUT2D eigenvalue weighted by Gasteiger charge is 2.27. The molecular weight excluding hydrogens is 280 g/mol. The van der Waals surface area contributed by atoms with Gasteiger partial charge in [-0.2, -0.15) is 0 Å². The summed E-state index contributed by atoms with van der Waals surface area (Å²) in [5.74, 6) is -0.512. The van der Waals surface area contributed by atoms with Gasteiger partial charge in [0.1, 0.15) is 5.58 Å². The summed E-state index contributed by atoms with van der Waals surface area (Å²) in [6.07, 6.45) is 2.22. The highest BCUT2D eigenvalue weighted by Crippen LogP contribution is 2.25. The molecule has 1 aromatic heterocycles. The first kappa shape index (κ1) is 13.2. The first-order chi connectivity index (χ1) is 9.63. The lowest BCUT2D eigenvalue weighted by Gasteiger charge is -2.19. The molecule has 1 aromatic carbocycles. The number of esters is 1. The number of carbonyl (C=O) groups excluding carboxylic acids is 2. The van der Waals surface area contributed by atoms with Crippen molar-refractivity contribution in [3.8, 4) is 0 Å². The second-order valence-corrected chi connectivity index (χ2v) is 5.34. The summed E-state index contributed by atoms with van der Waals surface area (Å²) in [6.45, 7) is 0. The zero-order valence-corrected chi connectivity index (χ0v) is 11.5. The smallest absolute Gasteiger partial charge is 0.374 e. The predicted molar refractivity (Wildman–Crippen MR) is 73.9 cm³/mol. The van der Waals surface area contributed by atoms with Gasteiger partial charge in [-0.3, -0.25) is 4.79 Å². The van der Waals surface area contributed by atoms with Gasteiger partial charge < -0.3 is 9.15 Å². The maximum Gasteiger partial charge on any atom is 0.374 e. The molecule has 1 fully saturated rings. The number of rotatable bonds is 2. The average molecular weight is 293 g/mol. The number of Topliss-reactive ketones (excluding diaryl/α,β-unsaturated/α-hetero) is 1. The van der Waals surface area contributed by atoms with Gasteiger partial charge in [-0.15, -0.1) is 0 Å². The molecular formula is C15H13ClO4. The summed E-state index contributed by atoms with van der Waals surface area (Å²) in [6, 6.07) is 6.67. The molecule has 1 saturated carbocycles. The molecule has 5 heteroatoms. The molecule has 3 rings (SSSR count). The largest absolute Gasteiger partial charge is 0.449 e. The van der Waals surface area contributed by atoms with Crippen molar-refractivity contribution in [1.29, 1.82) is 0 Å². The lowest BCUT2D eigenvalue weighted by atomic mass is 9.96. The Morgan fingerprint density at radius 1 is 1.30 bits per heavy atom. The standard InChI is InChI=1S/C15H13ClO4/c16-10-5-6-12-9(7-10)8-14(19-12)15(18)20-13-4-2-1-3-11(13)17/h5-8,13H,1-4H2/t13-/m1/s1. The van der Waals surface area contributed by atoms with E-state index >= 15 is 0 Å². The quantitative estimate of drug-likeness (QED) is 0.791. The zero-order chi connectivity index (χ0) is 14.1. The number of hydrogen-bond acceptors (Lipinski definition) is 4. The van der Waals surface area contributed by atoms with Gasteiger partial charge in [-0.25, -0.2) is 4.79 Å². The molecule has 4 nitrogen and oxygen atoms in total. The molecule has 1 aliphatic rings. The van der Waals surface area contributed by atoms with Crippen LogP contribution in [0, 0.1) is 0 Å². The highest BCUT2D eigenvalue weighted by atomic mass is 35.5. The Labute approximate surface area is 120 Å². The van der Waals surface area contributed by atoms with Crippen LogP contribution in [0.2, 0.25) is 5.02 Å². The van der Waals surface area contributed by atoms with Crippen LogP contribution in [0.3, 0.4) is 0 Å². The molecule has 0 radical (unpaired) electrons. The number of ether oxygens (including phenoxy) is 1. The van der Waals surface area contributed by atoms with Gasteiger partial charge in [0.05, 0.1) is 0 Å². The van der Waals surface area contributed by atoms with Gasteiger partial charge in [0.15, 0.2) is 11.9 Å².